The van der Waals surface area contributed by atoms with Gasteiger partial charge in [0.1, 0.15) is 5.02 Å². The van der Waals surface area contributed by atoms with Crippen LogP contribution in [-0.2, 0) is 0 Å². The third-order valence-corrected chi connectivity index (χ3v) is 2.04. The summed E-state index contributed by atoms with van der Waals surface area (Å²) in [5.74, 6) is 0.0818. The quantitative estimate of drug-likeness (QED) is 0.541. The molecule has 1 unspecified atom stereocenters. The van der Waals surface area contributed by atoms with Gasteiger partial charge in [-0.1, -0.05) is 24.6 Å². The van der Waals surface area contributed by atoms with Gasteiger partial charge in [0.2, 0.25) is 0 Å². The van der Waals surface area contributed by atoms with Crippen molar-refractivity contribution in [2.75, 3.05) is 0 Å². The van der Waals surface area contributed by atoms with Crippen molar-refractivity contribution >= 4 is 17.3 Å². The molecule has 0 aliphatic heterocycles. The molecule has 13 heavy (non-hydrogen) atoms. The van der Waals surface area contributed by atoms with Crippen LogP contribution in [0.25, 0.3) is 0 Å². The van der Waals surface area contributed by atoms with Gasteiger partial charge < -0.3 is 0 Å². The van der Waals surface area contributed by atoms with Crippen molar-refractivity contribution in [3.63, 3.8) is 0 Å². The van der Waals surface area contributed by atoms with Gasteiger partial charge in [0.05, 0.1) is 4.92 Å². The van der Waals surface area contributed by atoms with Crippen molar-refractivity contribution in [2.45, 2.75) is 12.8 Å². The van der Waals surface area contributed by atoms with E-state index in [1.165, 1.54) is 6.07 Å². The number of halogens is 1. The molecule has 0 N–H and O–H groups in total. The predicted octanol–water partition coefficient (Wildman–Crippen LogP) is 3.19. The van der Waals surface area contributed by atoms with E-state index in [9.17, 15) is 10.1 Å². The van der Waals surface area contributed by atoms with Gasteiger partial charge in [-0.2, -0.15) is 0 Å². The highest BCUT2D eigenvalue weighted by Gasteiger charge is 2.12. The lowest BCUT2D eigenvalue weighted by atomic mass is 10.0. The summed E-state index contributed by atoms with van der Waals surface area (Å²) in [5, 5.41) is 10.6. The van der Waals surface area contributed by atoms with Crippen molar-refractivity contribution in [3.8, 4) is 0 Å². The molecule has 69 valence electrons. The fraction of sp³-hybridized carbons (Fsp3) is 0.222. The molecule has 1 aromatic rings. The van der Waals surface area contributed by atoms with Crippen molar-refractivity contribution < 1.29 is 4.92 Å². The Kier molecular flexibility index (Phi) is 2.88. The second-order valence-corrected chi connectivity index (χ2v) is 3.28. The molecule has 0 spiro atoms. The highest BCUT2D eigenvalue weighted by atomic mass is 35.5. The van der Waals surface area contributed by atoms with Crippen LogP contribution in [-0.4, -0.2) is 4.92 Å². The highest BCUT2D eigenvalue weighted by molar-refractivity contribution is 6.32. The Balaban J connectivity index is 3.13. The summed E-state index contributed by atoms with van der Waals surface area (Å²) < 4.78 is 0. The number of nitrogens with zero attached hydrogens (tertiary/aromatic N) is 1. The van der Waals surface area contributed by atoms with Crippen LogP contribution in [0.2, 0.25) is 5.02 Å². The van der Waals surface area contributed by atoms with E-state index in [-0.39, 0.29) is 16.6 Å². The molecular weight excluding hydrogens is 190 g/mol. The fourth-order valence-corrected chi connectivity index (χ4v) is 1.24. The second-order valence-electron chi connectivity index (χ2n) is 2.87. The van der Waals surface area contributed by atoms with Gasteiger partial charge in [-0.3, -0.25) is 10.1 Å². The molecule has 0 heterocycles. The van der Waals surface area contributed by atoms with Crippen molar-refractivity contribution in [1.82, 2.24) is 0 Å². The van der Waals surface area contributed by atoms with Crippen LogP contribution < -0.4 is 0 Å². The molecule has 0 fully saturated rings. The van der Waals surface area contributed by atoms with Gasteiger partial charge >= 0.3 is 0 Å². The molecule has 0 aliphatic rings. The first-order valence-corrected chi connectivity index (χ1v) is 4.17. The van der Waals surface area contributed by atoms with Gasteiger partial charge in [0, 0.05) is 6.07 Å². The maximum Gasteiger partial charge on any atom is 0.287 e. The molecule has 0 aliphatic carbocycles. The zero-order chi connectivity index (χ0) is 10.0. The summed E-state index contributed by atoms with van der Waals surface area (Å²) in [6, 6.07) is 4.65. The maximum atomic E-state index is 10.4. The molecule has 0 saturated heterocycles. The van der Waals surface area contributed by atoms with E-state index in [1.54, 1.807) is 12.1 Å². The molecule has 1 aromatic carbocycles. The minimum atomic E-state index is -0.500. The zero-order valence-electron chi connectivity index (χ0n) is 7.16. The third-order valence-electron chi connectivity index (χ3n) is 1.74. The molecule has 4 heteroatoms. The lowest BCUT2D eigenvalue weighted by Gasteiger charge is -2.04. The van der Waals surface area contributed by atoms with Gasteiger partial charge in [0.25, 0.3) is 5.69 Å². The molecule has 0 amide bonds. The molecule has 0 aromatic heterocycles. The second kappa shape index (κ2) is 3.75. The molecule has 0 bridgehead atoms. The monoisotopic (exact) mass is 198 g/mol. The summed E-state index contributed by atoms with van der Waals surface area (Å²) in [6.45, 7) is 5.70. The van der Waals surface area contributed by atoms with E-state index in [2.05, 4.69) is 6.92 Å². The van der Waals surface area contributed by atoms with Crippen LogP contribution >= 0.6 is 11.6 Å². The first-order chi connectivity index (χ1) is 6.02. The average molecular weight is 199 g/mol. The van der Waals surface area contributed by atoms with Crippen LogP contribution in [0.15, 0.2) is 18.2 Å². The van der Waals surface area contributed by atoms with Crippen molar-refractivity contribution in [2.24, 2.45) is 0 Å². The first kappa shape index (κ1) is 9.99. The van der Waals surface area contributed by atoms with E-state index in [1.807, 2.05) is 6.92 Å². The lowest BCUT2D eigenvalue weighted by molar-refractivity contribution is -0.384. The summed E-state index contributed by atoms with van der Waals surface area (Å²) in [6.07, 6.45) is 0. The molecule has 1 rings (SSSR count). The number of benzene rings is 1. The van der Waals surface area contributed by atoms with E-state index >= 15 is 0 Å². The molecule has 1 atom stereocenters. The van der Waals surface area contributed by atoms with Gasteiger partial charge in [-0.25, -0.2) is 0 Å². The smallest absolute Gasteiger partial charge is 0.258 e. The van der Waals surface area contributed by atoms with Gasteiger partial charge in [-0.15, -0.1) is 0 Å². The zero-order valence-corrected chi connectivity index (χ0v) is 7.91. The summed E-state index contributed by atoms with van der Waals surface area (Å²) >= 11 is 5.70. The minimum Gasteiger partial charge on any atom is -0.258 e. The Morgan fingerprint density at radius 3 is 2.62 bits per heavy atom. The molecule has 3 nitrogen and oxygen atoms in total. The van der Waals surface area contributed by atoms with Crippen molar-refractivity contribution in [1.29, 1.82) is 0 Å². The average Bonchev–Trinajstić information content (AvgIpc) is 2.03. The van der Waals surface area contributed by atoms with E-state index < -0.39 is 4.92 Å². The van der Waals surface area contributed by atoms with Crippen LogP contribution in [0, 0.1) is 17.0 Å². The van der Waals surface area contributed by atoms with Gasteiger partial charge in [-0.05, 0) is 24.5 Å². The standard InChI is InChI=1S/C9H9ClNO2/c1-6(2)7-3-4-9(11(12)13)8(10)5-7/h3-6H,1H2,2H3. The Bertz CT molecular complexity index is 336. The molecule has 1 radical (unpaired) electrons. The molecule has 0 saturated carbocycles. The number of hydrogen-bond donors (Lipinski definition) is 0. The topological polar surface area (TPSA) is 43.1 Å². The Morgan fingerprint density at radius 1 is 1.62 bits per heavy atom. The van der Waals surface area contributed by atoms with Crippen molar-refractivity contribution in [3.05, 3.63) is 45.8 Å². The number of nitro groups is 1. The number of nitro benzene ring substituents is 1. The number of hydrogen-bond acceptors (Lipinski definition) is 2. The summed E-state index contributed by atoms with van der Waals surface area (Å²) in [5.41, 5.74) is 0.835. The van der Waals surface area contributed by atoms with E-state index in [0.29, 0.717) is 0 Å². The minimum absolute atomic E-state index is 0.0638. The Hall–Kier alpha value is -1.09. The highest BCUT2D eigenvalue weighted by Crippen LogP contribution is 2.27. The lowest BCUT2D eigenvalue weighted by Crippen LogP contribution is -1.92. The number of rotatable bonds is 2. The fourth-order valence-electron chi connectivity index (χ4n) is 0.978. The largest absolute Gasteiger partial charge is 0.287 e. The van der Waals surface area contributed by atoms with Crippen LogP contribution in [0.4, 0.5) is 5.69 Å². The molecular formula is C9H9ClNO2. The normalized spacial score (nSPS) is 10.5. The first-order valence-electron chi connectivity index (χ1n) is 3.79. The van der Waals surface area contributed by atoms with Crippen LogP contribution in [0.5, 0.6) is 0 Å². The van der Waals surface area contributed by atoms with E-state index in [0.717, 1.165) is 5.56 Å². The third kappa shape index (κ3) is 2.18. The van der Waals surface area contributed by atoms with Crippen LogP contribution in [0.1, 0.15) is 18.4 Å². The maximum absolute atomic E-state index is 10.4. The van der Waals surface area contributed by atoms with Crippen LogP contribution in [0.3, 0.4) is 0 Å². The van der Waals surface area contributed by atoms with E-state index in [4.69, 9.17) is 11.6 Å². The summed E-state index contributed by atoms with van der Waals surface area (Å²) in [7, 11) is 0. The Labute approximate surface area is 81.5 Å². The predicted molar refractivity (Wildman–Crippen MR) is 51.9 cm³/mol. The van der Waals surface area contributed by atoms with Gasteiger partial charge in [0.15, 0.2) is 0 Å². The summed E-state index contributed by atoms with van der Waals surface area (Å²) in [4.78, 5) is 9.91. The SMILES string of the molecule is [CH2]C(C)c1ccc([N+](=O)[O-])c(Cl)c1. The Morgan fingerprint density at radius 2 is 2.23 bits per heavy atom.